The van der Waals surface area contributed by atoms with Crippen LogP contribution in [0.2, 0.25) is 0 Å². The Labute approximate surface area is 102 Å². The molecule has 1 amide bonds. The van der Waals surface area contributed by atoms with Crippen LogP contribution in [0.25, 0.3) is 0 Å². The van der Waals surface area contributed by atoms with E-state index in [9.17, 15) is 4.79 Å². The maximum atomic E-state index is 11.8. The molecule has 0 aliphatic rings. The molecule has 0 saturated heterocycles. The van der Waals surface area contributed by atoms with Crippen LogP contribution >= 0.6 is 11.3 Å². The zero-order valence-corrected chi connectivity index (χ0v) is 9.78. The fourth-order valence-electron chi connectivity index (χ4n) is 1.18. The molecule has 0 bridgehead atoms. The number of carbonyl (C=O) groups excluding carboxylic acids is 1. The minimum absolute atomic E-state index is 0.269. The summed E-state index contributed by atoms with van der Waals surface area (Å²) in [6.07, 6.45) is 3.80. The van der Waals surface area contributed by atoms with Crippen molar-refractivity contribution in [3.63, 3.8) is 0 Å². The summed E-state index contributed by atoms with van der Waals surface area (Å²) in [5.41, 5.74) is 5.78. The van der Waals surface area contributed by atoms with Gasteiger partial charge in [-0.25, -0.2) is 15.0 Å². The highest BCUT2D eigenvalue weighted by atomic mass is 32.1. The van der Waals surface area contributed by atoms with Crippen molar-refractivity contribution in [2.75, 3.05) is 11.9 Å². The Morgan fingerprint density at radius 3 is 2.88 bits per heavy atom. The first kappa shape index (κ1) is 11.6. The smallest absolute Gasteiger partial charge is 0.277 e. The minimum Gasteiger partial charge on any atom is -0.330 e. The van der Waals surface area contributed by atoms with E-state index >= 15 is 0 Å². The van der Waals surface area contributed by atoms with E-state index in [4.69, 9.17) is 5.73 Å². The van der Waals surface area contributed by atoms with E-state index in [1.807, 2.05) is 0 Å². The molecule has 0 aromatic carbocycles. The fraction of sp³-hybridized carbons (Fsp3) is 0.200. The van der Waals surface area contributed by atoms with E-state index in [0.717, 1.165) is 5.01 Å². The first-order valence-corrected chi connectivity index (χ1v) is 5.90. The highest BCUT2D eigenvalue weighted by Crippen LogP contribution is 2.11. The lowest BCUT2D eigenvalue weighted by Crippen LogP contribution is -2.14. The molecular weight excluding hydrogens is 238 g/mol. The van der Waals surface area contributed by atoms with Crippen molar-refractivity contribution in [1.29, 1.82) is 0 Å². The predicted octanol–water partition coefficient (Wildman–Crippen LogP) is 0.687. The standard InChI is InChI=1S/C10H11N5OS/c11-3-2-8-14-7(6-17-8)9(16)15-10-12-4-1-5-13-10/h1,4-6H,2-3,11H2,(H,12,13,15,16). The first-order chi connectivity index (χ1) is 8.29. The zero-order chi connectivity index (χ0) is 12.1. The molecule has 2 rings (SSSR count). The number of carbonyl (C=O) groups is 1. The van der Waals surface area contributed by atoms with E-state index in [2.05, 4.69) is 20.3 Å². The SMILES string of the molecule is NCCc1nc(C(=O)Nc2ncccn2)cs1. The molecule has 2 heterocycles. The van der Waals surface area contributed by atoms with Crippen molar-refractivity contribution < 1.29 is 4.79 Å². The van der Waals surface area contributed by atoms with Crippen LogP contribution in [0.4, 0.5) is 5.95 Å². The maximum absolute atomic E-state index is 11.8. The molecule has 0 saturated carbocycles. The van der Waals surface area contributed by atoms with Crippen molar-refractivity contribution >= 4 is 23.2 Å². The molecule has 0 aliphatic heterocycles. The molecule has 0 unspecified atom stereocenters. The Morgan fingerprint density at radius 1 is 1.41 bits per heavy atom. The van der Waals surface area contributed by atoms with Crippen molar-refractivity contribution in [1.82, 2.24) is 15.0 Å². The van der Waals surface area contributed by atoms with Crippen molar-refractivity contribution in [2.45, 2.75) is 6.42 Å². The third kappa shape index (κ3) is 3.05. The largest absolute Gasteiger partial charge is 0.330 e. The highest BCUT2D eigenvalue weighted by Gasteiger charge is 2.11. The molecule has 0 spiro atoms. The summed E-state index contributed by atoms with van der Waals surface area (Å²) >= 11 is 1.42. The second-order valence-corrected chi connectivity index (χ2v) is 4.13. The van der Waals surface area contributed by atoms with Gasteiger partial charge in [0.15, 0.2) is 0 Å². The summed E-state index contributed by atoms with van der Waals surface area (Å²) in [4.78, 5) is 23.7. The monoisotopic (exact) mass is 249 g/mol. The second-order valence-electron chi connectivity index (χ2n) is 3.19. The fourth-order valence-corrected chi connectivity index (χ4v) is 1.98. The van der Waals surface area contributed by atoms with E-state index in [1.54, 1.807) is 23.8 Å². The molecule has 17 heavy (non-hydrogen) atoms. The third-order valence-corrected chi connectivity index (χ3v) is 2.84. The van der Waals surface area contributed by atoms with Gasteiger partial charge in [-0.1, -0.05) is 0 Å². The van der Waals surface area contributed by atoms with Crippen molar-refractivity contribution in [3.05, 3.63) is 34.5 Å². The van der Waals surface area contributed by atoms with E-state index in [0.29, 0.717) is 18.7 Å². The minimum atomic E-state index is -0.310. The molecule has 2 aromatic heterocycles. The Kier molecular flexibility index (Phi) is 3.73. The summed E-state index contributed by atoms with van der Waals surface area (Å²) in [5.74, 6) is -0.0402. The average Bonchev–Trinajstić information content (AvgIpc) is 2.79. The lowest BCUT2D eigenvalue weighted by Gasteiger charge is -1.99. The molecular formula is C10H11N5OS. The topological polar surface area (TPSA) is 93.8 Å². The number of hydrogen-bond donors (Lipinski definition) is 2. The van der Waals surface area contributed by atoms with Crippen LogP contribution < -0.4 is 11.1 Å². The number of hydrogen-bond acceptors (Lipinski definition) is 6. The highest BCUT2D eigenvalue weighted by molar-refractivity contribution is 7.09. The number of nitrogens with two attached hydrogens (primary N) is 1. The number of aromatic nitrogens is 3. The lowest BCUT2D eigenvalue weighted by molar-refractivity contribution is 0.102. The van der Waals surface area contributed by atoms with Gasteiger partial charge < -0.3 is 5.73 Å². The van der Waals surface area contributed by atoms with Gasteiger partial charge in [0.25, 0.3) is 5.91 Å². The molecule has 7 heteroatoms. The van der Waals surface area contributed by atoms with Gasteiger partial charge in [0, 0.05) is 24.2 Å². The summed E-state index contributed by atoms with van der Waals surface area (Å²) < 4.78 is 0. The van der Waals surface area contributed by atoms with Crippen LogP contribution in [0.1, 0.15) is 15.5 Å². The van der Waals surface area contributed by atoms with Crippen molar-refractivity contribution in [3.8, 4) is 0 Å². The number of amides is 1. The molecule has 88 valence electrons. The van der Waals surface area contributed by atoms with Gasteiger partial charge in [0.2, 0.25) is 5.95 Å². The van der Waals surface area contributed by atoms with Crippen LogP contribution in [0, 0.1) is 0 Å². The van der Waals surface area contributed by atoms with E-state index < -0.39 is 0 Å². The predicted molar refractivity (Wildman–Crippen MR) is 64.9 cm³/mol. The number of nitrogens with zero attached hydrogens (tertiary/aromatic N) is 3. The normalized spacial score (nSPS) is 10.2. The van der Waals surface area contributed by atoms with Gasteiger partial charge in [-0.15, -0.1) is 11.3 Å². The van der Waals surface area contributed by atoms with Crippen LogP contribution in [0.3, 0.4) is 0 Å². The van der Waals surface area contributed by atoms with E-state index in [-0.39, 0.29) is 11.9 Å². The third-order valence-electron chi connectivity index (χ3n) is 1.93. The van der Waals surface area contributed by atoms with Gasteiger partial charge in [-0.05, 0) is 12.6 Å². The van der Waals surface area contributed by atoms with Crippen LogP contribution in [0.15, 0.2) is 23.8 Å². The molecule has 0 fully saturated rings. The number of nitrogens with one attached hydrogen (secondary N) is 1. The van der Waals surface area contributed by atoms with Gasteiger partial charge >= 0.3 is 0 Å². The van der Waals surface area contributed by atoms with E-state index in [1.165, 1.54) is 11.3 Å². The number of anilines is 1. The number of thiazole rings is 1. The summed E-state index contributed by atoms with van der Waals surface area (Å²) in [6, 6.07) is 1.68. The van der Waals surface area contributed by atoms with Gasteiger partial charge in [0.05, 0.1) is 5.01 Å². The molecule has 0 aliphatic carbocycles. The molecule has 3 N–H and O–H groups in total. The van der Waals surface area contributed by atoms with Gasteiger partial charge in [-0.3, -0.25) is 10.1 Å². The molecule has 6 nitrogen and oxygen atoms in total. The Hall–Kier alpha value is -1.86. The molecule has 0 atom stereocenters. The number of rotatable bonds is 4. The summed E-state index contributed by atoms with van der Waals surface area (Å²) in [7, 11) is 0. The van der Waals surface area contributed by atoms with Gasteiger partial charge in [-0.2, -0.15) is 0 Å². The Balaban J connectivity index is 2.04. The average molecular weight is 249 g/mol. The van der Waals surface area contributed by atoms with Crippen LogP contribution in [-0.4, -0.2) is 27.4 Å². The summed E-state index contributed by atoms with van der Waals surface area (Å²) in [5, 5.41) is 5.12. The Bertz CT molecular complexity index is 498. The second kappa shape index (κ2) is 5.46. The quantitative estimate of drug-likeness (QED) is 0.831. The van der Waals surface area contributed by atoms with Crippen molar-refractivity contribution in [2.24, 2.45) is 5.73 Å². The summed E-state index contributed by atoms with van der Waals surface area (Å²) in [6.45, 7) is 0.524. The zero-order valence-electron chi connectivity index (χ0n) is 8.96. The Morgan fingerprint density at radius 2 is 2.18 bits per heavy atom. The molecule has 2 aromatic rings. The van der Waals surface area contributed by atoms with Crippen LogP contribution in [0.5, 0.6) is 0 Å². The lowest BCUT2D eigenvalue weighted by atomic mass is 10.4. The first-order valence-electron chi connectivity index (χ1n) is 5.02. The van der Waals surface area contributed by atoms with Crippen LogP contribution in [-0.2, 0) is 6.42 Å². The van der Waals surface area contributed by atoms with Gasteiger partial charge in [0.1, 0.15) is 5.69 Å². The maximum Gasteiger partial charge on any atom is 0.277 e. The molecule has 0 radical (unpaired) electrons.